The Kier molecular flexibility index (Phi) is 1.80. The molecule has 0 aliphatic carbocycles. The first-order valence-corrected chi connectivity index (χ1v) is 5.53. The van der Waals surface area contributed by atoms with Gasteiger partial charge in [0.1, 0.15) is 11.0 Å². The lowest BCUT2D eigenvalue weighted by atomic mass is 10.3. The number of benzene rings is 2. The molecule has 0 unspecified atom stereocenters. The molecule has 85 valence electrons. The van der Waals surface area contributed by atoms with Crippen LogP contribution < -0.4 is 0 Å². The SMILES string of the molecule is [c]1ccc2oc(-c3nc4ccccc4o3)nc2c1. The minimum atomic E-state index is 0.390. The summed E-state index contributed by atoms with van der Waals surface area (Å²) in [5.74, 6) is 0.785. The van der Waals surface area contributed by atoms with Crippen LogP contribution in [0.1, 0.15) is 0 Å². The van der Waals surface area contributed by atoms with E-state index >= 15 is 0 Å². The Balaban J connectivity index is 1.95. The molecule has 4 rings (SSSR count). The molecule has 2 heterocycles. The van der Waals surface area contributed by atoms with Crippen molar-refractivity contribution in [3.63, 3.8) is 0 Å². The molecule has 0 aliphatic heterocycles. The van der Waals surface area contributed by atoms with E-state index in [1.807, 2.05) is 30.3 Å². The monoisotopic (exact) mass is 235 g/mol. The zero-order chi connectivity index (χ0) is 11.9. The minimum Gasteiger partial charge on any atom is -0.432 e. The smallest absolute Gasteiger partial charge is 0.284 e. The van der Waals surface area contributed by atoms with E-state index in [9.17, 15) is 0 Å². The molecule has 0 saturated heterocycles. The summed E-state index contributed by atoms with van der Waals surface area (Å²) in [6.45, 7) is 0. The van der Waals surface area contributed by atoms with Gasteiger partial charge in [-0.1, -0.05) is 18.2 Å². The Hall–Kier alpha value is -2.62. The summed E-state index contributed by atoms with van der Waals surface area (Å²) >= 11 is 0. The van der Waals surface area contributed by atoms with Gasteiger partial charge in [-0.05, 0) is 30.3 Å². The molecule has 4 heteroatoms. The Morgan fingerprint density at radius 2 is 1.56 bits per heavy atom. The fraction of sp³-hybridized carbons (Fsp3) is 0. The molecule has 0 spiro atoms. The highest BCUT2D eigenvalue weighted by molar-refractivity contribution is 5.77. The standard InChI is InChI=1S/C14H7N2O2/c1-3-7-11-9(5-1)15-13(17-11)14-16-10-6-2-4-8-12(10)18-14/h1,3-8H. The van der Waals surface area contributed by atoms with Gasteiger partial charge in [-0.25, -0.2) is 9.97 Å². The molecule has 4 nitrogen and oxygen atoms in total. The molecule has 0 bridgehead atoms. The van der Waals surface area contributed by atoms with Gasteiger partial charge < -0.3 is 8.83 Å². The average Bonchev–Trinajstić information content (AvgIpc) is 3.02. The van der Waals surface area contributed by atoms with Crippen LogP contribution in [-0.2, 0) is 0 Å². The average molecular weight is 235 g/mol. The second-order valence-corrected chi connectivity index (χ2v) is 3.90. The van der Waals surface area contributed by atoms with E-state index in [0.29, 0.717) is 17.4 Å². The summed E-state index contributed by atoms with van der Waals surface area (Å²) in [5.41, 5.74) is 2.96. The summed E-state index contributed by atoms with van der Waals surface area (Å²) in [4.78, 5) is 8.67. The molecular weight excluding hydrogens is 228 g/mol. The molecule has 0 saturated carbocycles. The Bertz CT molecular complexity index is 707. The molecule has 18 heavy (non-hydrogen) atoms. The van der Waals surface area contributed by atoms with Crippen LogP contribution in [0.25, 0.3) is 34.0 Å². The van der Waals surface area contributed by atoms with Crippen LogP contribution in [0.5, 0.6) is 0 Å². The number of para-hydroxylation sites is 2. The highest BCUT2D eigenvalue weighted by atomic mass is 16.4. The molecular formula is C14H7N2O2. The van der Waals surface area contributed by atoms with Crippen LogP contribution in [0.2, 0.25) is 0 Å². The van der Waals surface area contributed by atoms with E-state index in [0.717, 1.165) is 16.6 Å². The topological polar surface area (TPSA) is 52.1 Å². The fourth-order valence-corrected chi connectivity index (χ4v) is 1.87. The van der Waals surface area contributed by atoms with Crippen LogP contribution in [0, 0.1) is 6.07 Å². The van der Waals surface area contributed by atoms with Gasteiger partial charge in [0.15, 0.2) is 11.2 Å². The molecule has 0 fully saturated rings. The molecule has 2 aromatic carbocycles. The van der Waals surface area contributed by atoms with Gasteiger partial charge >= 0.3 is 0 Å². The minimum absolute atomic E-state index is 0.390. The maximum Gasteiger partial charge on any atom is 0.284 e. The van der Waals surface area contributed by atoms with Crippen molar-refractivity contribution in [3.05, 3.63) is 48.5 Å². The lowest BCUT2D eigenvalue weighted by molar-refractivity contribution is 0.550. The first-order valence-electron chi connectivity index (χ1n) is 5.53. The zero-order valence-electron chi connectivity index (χ0n) is 9.25. The van der Waals surface area contributed by atoms with Crippen molar-refractivity contribution in [1.82, 2.24) is 9.97 Å². The number of nitrogens with zero attached hydrogens (tertiary/aromatic N) is 2. The summed E-state index contributed by atoms with van der Waals surface area (Å²) in [7, 11) is 0. The summed E-state index contributed by atoms with van der Waals surface area (Å²) in [5, 5.41) is 0. The lowest BCUT2D eigenvalue weighted by Crippen LogP contribution is -1.75. The van der Waals surface area contributed by atoms with Crippen molar-refractivity contribution in [2.45, 2.75) is 0 Å². The first kappa shape index (κ1) is 9.41. The number of hydrogen-bond donors (Lipinski definition) is 0. The number of hydrogen-bond acceptors (Lipinski definition) is 4. The summed E-state index contributed by atoms with van der Waals surface area (Å²) in [6, 6.07) is 15.9. The Morgan fingerprint density at radius 3 is 2.33 bits per heavy atom. The third-order valence-electron chi connectivity index (χ3n) is 2.71. The quantitative estimate of drug-likeness (QED) is 0.507. The fourth-order valence-electron chi connectivity index (χ4n) is 1.87. The largest absolute Gasteiger partial charge is 0.432 e. The van der Waals surface area contributed by atoms with Gasteiger partial charge in [-0.2, -0.15) is 0 Å². The van der Waals surface area contributed by atoms with Crippen LogP contribution in [0.4, 0.5) is 0 Å². The molecule has 0 aliphatic rings. The van der Waals surface area contributed by atoms with Crippen LogP contribution in [0.3, 0.4) is 0 Å². The van der Waals surface area contributed by atoms with Crippen molar-refractivity contribution in [2.75, 3.05) is 0 Å². The molecule has 0 amide bonds. The predicted molar refractivity (Wildman–Crippen MR) is 65.8 cm³/mol. The van der Waals surface area contributed by atoms with E-state index in [4.69, 9.17) is 8.83 Å². The lowest BCUT2D eigenvalue weighted by Gasteiger charge is -1.83. The third kappa shape index (κ3) is 1.32. The van der Waals surface area contributed by atoms with Gasteiger partial charge in [-0.15, -0.1) is 0 Å². The molecule has 0 N–H and O–H groups in total. The van der Waals surface area contributed by atoms with E-state index in [2.05, 4.69) is 16.0 Å². The Morgan fingerprint density at radius 1 is 0.833 bits per heavy atom. The van der Waals surface area contributed by atoms with Gasteiger partial charge in [0.05, 0.1) is 0 Å². The van der Waals surface area contributed by atoms with Crippen LogP contribution in [0.15, 0.2) is 51.3 Å². The highest BCUT2D eigenvalue weighted by Crippen LogP contribution is 2.26. The maximum absolute atomic E-state index is 5.61. The molecule has 1 radical (unpaired) electrons. The van der Waals surface area contributed by atoms with Gasteiger partial charge in [0.2, 0.25) is 0 Å². The van der Waals surface area contributed by atoms with Crippen molar-refractivity contribution < 1.29 is 8.83 Å². The van der Waals surface area contributed by atoms with E-state index in [1.54, 1.807) is 12.1 Å². The number of fused-ring (bicyclic) bond motifs is 2. The zero-order valence-corrected chi connectivity index (χ0v) is 9.25. The highest BCUT2D eigenvalue weighted by Gasteiger charge is 2.14. The molecule has 4 aromatic rings. The number of oxazole rings is 2. The number of aromatic nitrogens is 2. The van der Waals surface area contributed by atoms with Gasteiger partial charge in [0, 0.05) is 0 Å². The normalized spacial score (nSPS) is 11.3. The predicted octanol–water partition coefficient (Wildman–Crippen LogP) is 3.44. The van der Waals surface area contributed by atoms with Crippen molar-refractivity contribution in [3.8, 4) is 11.8 Å². The van der Waals surface area contributed by atoms with E-state index in [-0.39, 0.29) is 0 Å². The van der Waals surface area contributed by atoms with Crippen molar-refractivity contribution in [1.29, 1.82) is 0 Å². The molecule has 0 atom stereocenters. The van der Waals surface area contributed by atoms with Gasteiger partial charge in [-0.3, -0.25) is 0 Å². The van der Waals surface area contributed by atoms with Crippen molar-refractivity contribution >= 4 is 22.2 Å². The summed E-state index contributed by atoms with van der Waals surface area (Å²) < 4.78 is 11.2. The van der Waals surface area contributed by atoms with Crippen LogP contribution >= 0.6 is 0 Å². The molecule has 2 aromatic heterocycles. The maximum atomic E-state index is 5.61. The first-order chi connectivity index (χ1) is 8.90. The van der Waals surface area contributed by atoms with Crippen molar-refractivity contribution in [2.24, 2.45) is 0 Å². The van der Waals surface area contributed by atoms with Gasteiger partial charge in [0.25, 0.3) is 11.8 Å². The Labute approximate surface area is 102 Å². The second-order valence-electron chi connectivity index (χ2n) is 3.90. The number of rotatable bonds is 1. The van der Waals surface area contributed by atoms with Crippen LogP contribution in [-0.4, -0.2) is 9.97 Å². The van der Waals surface area contributed by atoms with E-state index < -0.39 is 0 Å². The van der Waals surface area contributed by atoms with E-state index in [1.165, 1.54) is 0 Å². The third-order valence-corrected chi connectivity index (χ3v) is 2.71. The second kappa shape index (κ2) is 3.43. The summed E-state index contributed by atoms with van der Waals surface area (Å²) in [6.07, 6.45) is 0.